The number of esters is 1. The SMILES string of the molecule is COC(=O)CNC(=O)c1sccc1-n1cnnn1. The van der Waals surface area contributed by atoms with Gasteiger partial charge >= 0.3 is 5.97 Å². The summed E-state index contributed by atoms with van der Waals surface area (Å²) in [5.74, 6) is -0.884. The Labute approximate surface area is 106 Å². The van der Waals surface area contributed by atoms with Gasteiger partial charge in [-0.25, -0.2) is 0 Å². The maximum atomic E-state index is 11.9. The number of thiophene rings is 1. The van der Waals surface area contributed by atoms with Crippen LogP contribution in [0.25, 0.3) is 5.69 Å². The Morgan fingerprint density at radius 3 is 3.06 bits per heavy atom. The predicted octanol–water partition coefficient (Wildman–Crippen LogP) is -0.373. The lowest BCUT2D eigenvalue weighted by Crippen LogP contribution is -2.30. The molecular weight excluding hydrogens is 258 g/mol. The molecule has 2 rings (SSSR count). The molecule has 0 saturated carbocycles. The first-order chi connectivity index (χ1) is 8.72. The summed E-state index contributed by atoms with van der Waals surface area (Å²) < 4.78 is 5.81. The van der Waals surface area contributed by atoms with Crippen LogP contribution in [-0.2, 0) is 9.53 Å². The molecule has 8 nitrogen and oxygen atoms in total. The first-order valence-corrected chi connectivity index (χ1v) is 5.76. The Kier molecular flexibility index (Phi) is 3.63. The summed E-state index contributed by atoms with van der Waals surface area (Å²) in [5.41, 5.74) is 0.562. The fraction of sp³-hybridized carbons (Fsp3) is 0.222. The van der Waals surface area contributed by atoms with E-state index in [-0.39, 0.29) is 12.5 Å². The van der Waals surface area contributed by atoms with Crippen molar-refractivity contribution in [3.63, 3.8) is 0 Å². The van der Waals surface area contributed by atoms with E-state index >= 15 is 0 Å². The second-order valence-corrected chi connectivity index (χ2v) is 4.06. The molecule has 0 fully saturated rings. The maximum absolute atomic E-state index is 11.9. The molecule has 0 atom stereocenters. The molecule has 0 aliphatic carbocycles. The van der Waals surface area contributed by atoms with Crippen molar-refractivity contribution in [2.75, 3.05) is 13.7 Å². The maximum Gasteiger partial charge on any atom is 0.325 e. The number of methoxy groups -OCH3 is 1. The number of aromatic nitrogens is 4. The molecule has 0 saturated heterocycles. The monoisotopic (exact) mass is 267 g/mol. The lowest BCUT2D eigenvalue weighted by molar-refractivity contribution is -0.139. The van der Waals surface area contributed by atoms with Crippen molar-refractivity contribution in [3.05, 3.63) is 22.7 Å². The molecule has 0 spiro atoms. The van der Waals surface area contributed by atoms with Crippen LogP contribution < -0.4 is 5.32 Å². The fourth-order valence-electron chi connectivity index (χ4n) is 1.23. The van der Waals surface area contributed by atoms with Crippen LogP contribution in [0, 0.1) is 0 Å². The van der Waals surface area contributed by atoms with E-state index in [1.807, 2.05) is 0 Å². The van der Waals surface area contributed by atoms with Crippen molar-refractivity contribution in [1.29, 1.82) is 0 Å². The third kappa shape index (κ3) is 2.51. The van der Waals surface area contributed by atoms with E-state index in [1.54, 1.807) is 11.4 Å². The van der Waals surface area contributed by atoms with E-state index < -0.39 is 5.97 Å². The van der Waals surface area contributed by atoms with Gasteiger partial charge in [0.1, 0.15) is 17.7 Å². The highest BCUT2D eigenvalue weighted by Gasteiger charge is 2.16. The second kappa shape index (κ2) is 5.36. The molecule has 0 aromatic carbocycles. The van der Waals surface area contributed by atoms with Crippen LogP contribution in [0.2, 0.25) is 0 Å². The normalized spacial score (nSPS) is 10.1. The Bertz CT molecular complexity index is 550. The van der Waals surface area contributed by atoms with Crippen LogP contribution in [0.4, 0.5) is 0 Å². The minimum absolute atomic E-state index is 0.178. The highest BCUT2D eigenvalue weighted by atomic mass is 32.1. The third-order valence-electron chi connectivity index (χ3n) is 2.07. The van der Waals surface area contributed by atoms with Crippen LogP contribution in [0.15, 0.2) is 17.8 Å². The molecule has 18 heavy (non-hydrogen) atoms. The number of nitrogens with one attached hydrogen (secondary N) is 1. The Morgan fingerprint density at radius 2 is 2.39 bits per heavy atom. The average molecular weight is 267 g/mol. The predicted molar refractivity (Wildman–Crippen MR) is 61.4 cm³/mol. The molecule has 1 amide bonds. The van der Waals surface area contributed by atoms with E-state index in [0.29, 0.717) is 10.6 Å². The first kappa shape index (κ1) is 12.2. The molecule has 1 N–H and O–H groups in total. The molecule has 2 heterocycles. The third-order valence-corrected chi connectivity index (χ3v) is 2.97. The number of amides is 1. The minimum Gasteiger partial charge on any atom is -0.468 e. The zero-order valence-corrected chi connectivity index (χ0v) is 10.2. The molecule has 0 radical (unpaired) electrons. The van der Waals surface area contributed by atoms with Crippen molar-refractivity contribution in [3.8, 4) is 5.69 Å². The minimum atomic E-state index is -0.510. The van der Waals surface area contributed by atoms with E-state index in [0.717, 1.165) is 0 Å². The van der Waals surface area contributed by atoms with Gasteiger partial charge in [-0.15, -0.1) is 16.4 Å². The van der Waals surface area contributed by atoms with E-state index in [2.05, 4.69) is 25.6 Å². The van der Waals surface area contributed by atoms with Crippen LogP contribution in [-0.4, -0.2) is 45.7 Å². The van der Waals surface area contributed by atoms with Gasteiger partial charge in [0.05, 0.1) is 12.8 Å². The molecule has 2 aromatic heterocycles. The van der Waals surface area contributed by atoms with Crippen molar-refractivity contribution in [2.24, 2.45) is 0 Å². The summed E-state index contributed by atoms with van der Waals surface area (Å²) in [7, 11) is 1.26. The summed E-state index contributed by atoms with van der Waals surface area (Å²) >= 11 is 1.23. The largest absolute Gasteiger partial charge is 0.468 e. The highest BCUT2D eigenvalue weighted by Crippen LogP contribution is 2.19. The summed E-state index contributed by atoms with van der Waals surface area (Å²) in [6.45, 7) is -0.178. The Morgan fingerprint density at radius 1 is 1.56 bits per heavy atom. The molecule has 0 unspecified atom stereocenters. The second-order valence-electron chi connectivity index (χ2n) is 3.15. The average Bonchev–Trinajstić information content (AvgIpc) is 3.04. The van der Waals surface area contributed by atoms with Crippen LogP contribution in [0.1, 0.15) is 9.67 Å². The van der Waals surface area contributed by atoms with Gasteiger partial charge in [0.25, 0.3) is 5.91 Å². The molecule has 0 aliphatic heterocycles. The number of tetrazole rings is 1. The highest BCUT2D eigenvalue weighted by molar-refractivity contribution is 7.12. The van der Waals surface area contributed by atoms with Crippen LogP contribution >= 0.6 is 11.3 Å². The number of carbonyl (C=O) groups excluding carboxylic acids is 2. The fourth-order valence-corrected chi connectivity index (χ4v) is 2.02. The van der Waals surface area contributed by atoms with Crippen LogP contribution in [0.3, 0.4) is 0 Å². The summed E-state index contributed by atoms with van der Waals surface area (Å²) in [6, 6.07) is 1.72. The quantitative estimate of drug-likeness (QED) is 0.758. The molecule has 0 aliphatic rings. The molecule has 94 valence electrons. The van der Waals surface area contributed by atoms with Gasteiger partial charge < -0.3 is 10.1 Å². The Balaban J connectivity index is 2.12. The van der Waals surface area contributed by atoms with E-state index in [1.165, 1.54) is 29.5 Å². The van der Waals surface area contributed by atoms with Gasteiger partial charge in [0.15, 0.2) is 0 Å². The van der Waals surface area contributed by atoms with Crippen molar-refractivity contribution < 1.29 is 14.3 Å². The Hall–Kier alpha value is -2.29. The van der Waals surface area contributed by atoms with Gasteiger partial charge in [-0.05, 0) is 21.9 Å². The van der Waals surface area contributed by atoms with Gasteiger partial charge in [0.2, 0.25) is 0 Å². The van der Waals surface area contributed by atoms with Gasteiger partial charge in [-0.3, -0.25) is 9.59 Å². The van der Waals surface area contributed by atoms with Gasteiger partial charge in [-0.2, -0.15) is 4.68 Å². The molecule has 9 heteroatoms. The molecule has 2 aromatic rings. The summed E-state index contributed by atoms with van der Waals surface area (Å²) in [5, 5.41) is 14.9. The van der Waals surface area contributed by atoms with E-state index in [4.69, 9.17) is 0 Å². The topological polar surface area (TPSA) is 99.0 Å². The number of hydrogen-bond donors (Lipinski definition) is 1. The molecule has 0 bridgehead atoms. The summed E-state index contributed by atoms with van der Waals surface area (Å²) in [6.07, 6.45) is 1.39. The number of nitrogens with zero attached hydrogens (tertiary/aromatic N) is 4. The standard InChI is InChI=1S/C9H9N5O3S/c1-17-7(15)4-10-9(16)8-6(2-3-18-8)14-5-11-12-13-14/h2-3,5H,4H2,1H3,(H,10,16). The van der Waals surface area contributed by atoms with Crippen LogP contribution in [0.5, 0.6) is 0 Å². The smallest absolute Gasteiger partial charge is 0.325 e. The zero-order chi connectivity index (χ0) is 13.0. The van der Waals surface area contributed by atoms with Crippen molar-refractivity contribution in [2.45, 2.75) is 0 Å². The molecular formula is C9H9N5O3S. The number of rotatable bonds is 4. The lowest BCUT2D eigenvalue weighted by Gasteiger charge is -2.04. The van der Waals surface area contributed by atoms with Crippen molar-refractivity contribution in [1.82, 2.24) is 25.5 Å². The number of hydrogen-bond acceptors (Lipinski definition) is 7. The van der Waals surface area contributed by atoms with Crippen molar-refractivity contribution >= 4 is 23.2 Å². The summed E-state index contributed by atoms with van der Waals surface area (Å²) in [4.78, 5) is 23.2. The number of ether oxygens (including phenoxy) is 1. The van der Waals surface area contributed by atoms with Gasteiger partial charge in [-0.1, -0.05) is 0 Å². The first-order valence-electron chi connectivity index (χ1n) is 4.88. The zero-order valence-electron chi connectivity index (χ0n) is 9.36. The number of carbonyl (C=O) groups is 2. The van der Waals surface area contributed by atoms with Gasteiger partial charge in [0, 0.05) is 0 Å². The van der Waals surface area contributed by atoms with E-state index in [9.17, 15) is 9.59 Å². The lowest BCUT2D eigenvalue weighted by atomic mass is 10.3.